The second kappa shape index (κ2) is 13.3. The Morgan fingerprint density at radius 3 is 2.61 bits per heavy atom. The van der Waals surface area contributed by atoms with Gasteiger partial charge in [-0.05, 0) is 32.4 Å². The molecular formula is C31H37ClFN7O5S. The number of fused-ring (bicyclic) bond motifs is 1. The fourth-order valence-corrected chi connectivity index (χ4v) is 7.80. The van der Waals surface area contributed by atoms with Crippen LogP contribution in [0.15, 0.2) is 46.0 Å². The maximum absolute atomic E-state index is 14.0. The molecule has 3 fully saturated rings. The van der Waals surface area contributed by atoms with Crippen LogP contribution in [0.3, 0.4) is 0 Å². The fraction of sp³-hybridized carbons (Fsp3) is 0.516. The fourth-order valence-electron chi connectivity index (χ4n) is 6.94. The topological polar surface area (TPSA) is 120 Å². The highest BCUT2D eigenvalue weighted by Crippen LogP contribution is 2.37. The normalized spacial score (nSPS) is 25.5. The van der Waals surface area contributed by atoms with Gasteiger partial charge in [0.2, 0.25) is 0 Å². The summed E-state index contributed by atoms with van der Waals surface area (Å²) in [5, 5.41) is 5.94. The standard InChI is InChI=1S/C31H37ClFN7O5S/c1-17(2)39-14-19(12-24(39)29(41)44-3)40-15-20-13-37(8-9-38(20)31(40)43)16-23-25(30(42)45-4)26(21-6-5-18(33)11-22(21)32)36-27(35-23)28-34-7-10-46-28/h5-7,10-11,17,19-20,24,26H,8-9,12-16H2,1-4H3,(H,35,36)/t19-,20+,24-,26+/m1/s1. The van der Waals surface area contributed by atoms with E-state index in [0.717, 1.165) is 0 Å². The molecule has 0 saturated carbocycles. The van der Waals surface area contributed by atoms with Crippen LogP contribution in [0.25, 0.3) is 0 Å². The molecule has 3 saturated heterocycles. The number of piperazine rings is 1. The van der Waals surface area contributed by atoms with Crippen molar-refractivity contribution < 1.29 is 28.2 Å². The lowest BCUT2D eigenvalue weighted by atomic mass is 9.95. The van der Waals surface area contributed by atoms with Crippen molar-refractivity contribution in [2.75, 3.05) is 53.5 Å². The monoisotopic (exact) mass is 673 g/mol. The summed E-state index contributed by atoms with van der Waals surface area (Å²) in [6.45, 7) is 7.25. The van der Waals surface area contributed by atoms with Gasteiger partial charge in [0, 0.05) is 79.2 Å². The van der Waals surface area contributed by atoms with Gasteiger partial charge < -0.3 is 24.6 Å². The Balaban J connectivity index is 1.24. The van der Waals surface area contributed by atoms with Gasteiger partial charge >= 0.3 is 18.0 Å². The number of amidine groups is 1. The lowest BCUT2D eigenvalue weighted by Gasteiger charge is -2.38. The Kier molecular flexibility index (Phi) is 9.33. The molecule has 1 N–H and O–H groups in total. The predicted molar refractivity (Wildman–Crippen MR) is 170 cm³/mol. The molecule has 15 heteroatoms. The summed E-state index contributed by atoms with van der Waals surface area (Å²) in [5.74, 6) is -0.877. The maximum Gasteiger partial charge on any atom is 0.338 e. The van der Waals surface area contributed by atoms with Crippen LogP contribution >= 0.6 is 22.9 Å². The molecule has 0 unspecified atom stereocenters. The first kappa shape index (κ1) is 32.4. The largest absolute Gasteiger partial charge is 0.468 e. The summed E-state index contributed by atoms with van der Waals surface area (Å²) in [7, 11) is 2.70. The lowest BCUT2D eigenvalue weighted by Crippen LogP contribution is -2.53. The second-order valence-corrected chi connectivity index (χ2v) is 13.4. The van der Waals surface area contributed by atoms with Crippen LogP contribution in [0.5, 0.6) is 0 Å². The van der Waals surface area contributed by atoms with Crippen molar-refractivity contribution in [1.29, 1.82) is 0 Å². The molecule has 4 aliphatic heterocycles. The molecule has 2 aromatic rings. The van der Waals surface area contributed by atoms with Gasteiger partial charge in [-0.15, -0.1) is 11.3 Å². The van der Waals surface area contributed by atoms with E-state index in [1.54, 1.807) is 6.20 Å². The van der Waals surface area contributed by atoms with Crippen LogP contribution in [0.2, 0.25) is 5.02 Å². The number of benzene rings is 1. The van der Waals surface area contributed by atoms with Crippen molar-refractivity contribution in [2.24, 2.45) is 4.99 Å². The van der Waals surface area contributed by atoms with Gasteiger partial charge in [0.1, 0.15) is 17.9 Å². The van der Waals surface area contributed by atoms with Crippen molar-refractivity contribution in [1.82, 2.24) is 29.9 Å². The van der Waals surface area contributed by atoms with Gasteiger partial charge in [-0.2, -0.15) is 0 Å². The van der Waals surface area contributed by atoms with Crippen molar-refractivity contribution in [3.8, 4) is 0 Å². The zero-order chi connectivity index (χ0) is 32.7. The number of aromatic nitrogens is 1. The molecular weight excluding hydrogens is 637 g/mol. The number of amides is 2. The smallest absolute Gasteiger partial charge is 0.338 e. The molecule has 4 atom stereocenters. The molecule has 4 aliphatic rings. The number of nitrogens with one attached hydrogen (secondary N) is 1. The van der Waals surface area contributed by atoms with Crippen molar-refractivity contribution in [3.05, 3.63) is 62.5 Å². The molecule has 12 nitrogen and oxygen atoms in total. The Morgan fingerprint density at radius 1 is 1.13 bits per heavy atom. The van der Waals surface area contributed by atoms with Crippen LogP contribution < -0.4 is 5.32 Å². The van der Waals surface area contributed by atoms with Gasteiger partial charge in [-0.1, -0.05) is 17.7 Å². The third-order valence-corrected chi connectivity index (χ3v) is 10.3. The third kappa shape index (κ3) is 6.10. The first-order chi connectivity index (χ1) is 22.1. The number of ether oxygens (including phenoxy) is 2. The molecule has 5 heterocycles. The third-order valence-electron chi connectivity index (χ3n) is 9.17. The number of methoxy groups -OCH3 is 2. The van der Waals surface area contributed by atoms with E-state index < -0.39 is 17.8 Å². The Morgan fingerprint density at radius 2 is 1.93 bits per heavy atom. The van der Waals surface area contributed by atoms with E-state index in [-0.39, 0.29) is 46.8 Å². The van der Waals surface area contributed by atoms with E-state index in [1.807, 2.05) is 29.0 Å². The summed E-state index contributed by atoms with van der Waals surface area (Å²) in [6, 6.07) is 2.75. The van der Waals surface area contributed by atoms with Crippen LogP contribution in [-0.4, -0.2) is 126 Å². The van der Waals surface area contributed by atoms with Gasteiger partial charge in [0.05, 0.1) is 25.8 Å². The van der Waals surface area contributed by atoms with E-state index >= 15 is 0 Å². The van der Waals surface area contributed by atoms with E-state index in [9.17, 15) is 18.8 Å². The SMILES string of the molecule is COC(=O)C1=C(CN2CCN3C(=O)N([C@@H]4C[C@H](C(=O)OC)N(C(C)C)C4)C[C@@H]3C2)NC(c2nccs2)=N[C@H]1c1ccc(F)cc1Cl. The van der Waals surface area contributed by atoms with E-state index in [4.69, 9.17) is 26.1 Å². The number of rotatable bonds is 8. The molecule has 46 heavy (non-hydrogen) atoms. The molecule has 6 rings (SSSR count). The minimum atomic E-state index is -0.852. The summed E-state index contributed by atoms with van der Waals surface area (Å²) >= 11 is 7.89. The van der Waals surface area contributed by atoms with Crippen LogP contribution in [0, 0.1) is 5.82 Å². The van der Waals surface area contributed by atoms with E-state index in [1.165, 1.54) is 43.8 Å². The molecule has 1 aromatic carbocycles. The number of esters is 2. The van der Waals surface area contributed by atoms with Gasteiger partial charge in [0.15, 0.2) is 10.8 Å². The number of thiazole rings is 1. The van der Waals surface area contributed by atoms with Crippen LogP contribution in [-0.2, 0) is 19.1 Å². The Hall–Kier alpha value is -3.59. The molecule has 2 amide bonds. The molecule has 0 spiro atoms. The number of carbonyl (C=O) groups is 3. The summed E-state index contributed by atoms with van der Waals surface area (Å²) in [4.78, 5) is 56.8. The predicted octanol–water partition coefficient (Wildman–Crippen LogP) is 2.90. The number of hydrogen-bond acceptors (Lipinski definition) is 11. The molecule has 0 aliphatic carbocycles. The quantitative estimate of drug-likeness (QED) is 0.422. The van der Waals surface area contributed by atoms with Gasteiger partial charge in [-0.25, -0.2) is 19.0 Å². The van der Waals surface area contributed by atoms with Crippen molar-refractivity contribution in [2.45, 2.75) is 50.5 Å². The summed E-state index contributed by atoms with van der Waals surface area (Å²) < 4.78 is 24.3. The minimum absolute atomic E-state index is 0.0154. The molecule has 0 radical (unpaired) electrons. The Bertz CT molecular complexity index is 1570. The number of carbonyl (C=O) groups excluding carboxylic acids is 3. The molecule has 0 bridgehead atoms. The highest BCUT2D eigenvalue weighted by Gasteiger charge is 2.48. The molecule has 1 aromatic heterocycles. The number of urea groups is 1. The number of aliphatic imine (C=N–C) groups is 1. The first-order valence-corrected chi connectivity index (χ1v) is 16.5. The zero-order valence-electron chi connectivity index (χ0n) is 26.1. The highest BCUT2D eigenvalue weighted by molar-refractivity contribution is 7.11. The average molecular weight is 674 g/mol. The van der Waals surface area contributed by atoms with E-state index in [2.05, 4.69) is 20.1 Å². The minimum Gasteiger partial charge on any atom is -0.468 e. The average Bonchev–Trinajstić information content (AvgIpc) is 3.80. The first-order valence-electron chi connectivity index (χ1n) is 15.2. The highest BCUT2D eigenvalue weighted by atomic mass is 35.5. The van der Waals surface area contributed by atoms with E-state index in [0.29, 0.717) is 67.8 Å². The lowest BCUT2D eigenvalue weighted by molar-refractivity contribution is -0.146. The Labute approximate surface area is 275 Å². The zero-order valence-corrected chi connectivity index (χ0v) is 27.7. The van der Waals surface area contributed by atoms with Crippen LogP contribution in [0.1, 0.15) is 36.9 Å². The summed E-state index contributed by atoms with van der Waals surface area (Å²) in [5.41, 5.74) is 1.32. The maximum atomic E-state index is 14.0. The number of halogens is 2. The van der Waals surface area contributed by atoms with Crippen LogP contribution in [0.4, 0.5) is 9.18 Å². The molecule has 246 valence electrons. The van der Waals surface area contributed by atoms with Gasteiger partial charge in [0.25, 0.3) is 0 Å². The number of nitrogens with zero attached hydrogens (tertiary/aromatic N) is 6. The number of likely N-dealkylation sites (tertiary alicyclic amines) is 1. The summed E-state index contributed by atoms with van der Waals surface area (Å²) in [6.07, 6.45) is 2.20. The van der Waals surface area contributed by atoms with Crippen molar-refractivity contribution in [3.63, 3.8) is 0 Å². The second-order valence-electron chi connectivity index (χ2n) is 12.1. The van der Waals surface area contributed by atoms with Gasteiger partial charge in [-0.3, -0.25) is 19.6 Å². The number of hydrogen-bond donors (Lipinski definition) is 1. The van der Waals surface area contributed by atoms with Crippen molar-refractivity contribution >= 4 is 46.7 Å².